The molecule has 1 saturated heterocycles. The second-order valence-electron chi connectivity index (χ2n) is 14.3. The number of nitrogens with zero attached hydrogens (tertiary/aromatic N) is 3. The maximum Gasteiger partial charge on any atom is 0.265 e. The predicted octanol–water partition coefficient (Wildman–Crippen LogP) is 0.653. The molecule has 2 heterocycles. The fourth-order valence-electron chi connectivity index (χ4n) is 6.67. The number of carbonyl (C=O) groups is 6. The van der Waals surface area contributed by atoms with Crippen molar-refractivity contribution in [3.63, 3.8) is 0 Å². The standard InChI is InChI=1S/C36H52N6O10S/c1-22(2)13-29(39-36(49)31-11-8-12-42(31)24(4)44)32(45)15-26(14-27-17-38-21-41(27)18-25-9-6-5-7-10-25)35(48)40-30(19-43)33(46)16-28(34(37)47)23(3)20-53(50,51)52/h5-7,9-10,17,21-23,26,28-31,43H,8,11-16,18-20H2,1-4H3,(H2,37,47)(H,39,49)(H,40,48)(H,50,51,52)/t23-,26+,28-,29-,30-,31-/m0/s1. The highest BCUT2D eigenvalue weighted by atomic mass is 32.2. The molecule has 0 aliphatic carbocycles. The van der Waals surface area contributed by atoms with Gasteiger partial charge in [0, 0.05) is 57.1 Å². The van der Waals surface area contributed by atoms with Crippen molar-refractivity contribution < 1.29 is 46.8 Å². The van der Waals surface area contributed by atoms with Gasteiger partial charge in [-0.25, -0.2) is 4.98 Å². The molecule has 1 aromatic heterocycles. The average molecular weight is 761 g/mol. The molecule has 1 fully saturated rings. The highest BCUT2D eigenvalue weighted by Gasteiger charge is 2.37. The Balaban J connectivity index is 1.89. The van der Waals surface area contributed by atoms with Gasteiger partial charge in [-0.2, -0.15) is 8.42 Å². The second-order valence-corrected chi connectivity index (χ2v) is 15.8. The molecule has 1 aromatic carbocycles. The van der Waals surface area contributed by atoms with E-state index >= 15 is 0 Å². The van der Waals surface area contributed by atoms with Gasteiger partial charge in [0.1, 0.15) is 12.1 Å². The van der Waals surface area contributed by atoms with Gasteiger partial charge in [-0.05, 0) is 36.7 Å². The fraction of sp³-hybridized carbons (Fsp3) is 0.583. The summed E-state index contributed by atoms with van der Waals surface area (Å²) in [6.07, 6.45) is 3.46. The summed E-state index contributed by atoms with van der Waals surface area (Å²) in [6.45, 7) is 6.42. The van der Waals surface area contributed by atoms with E-state index in [1.165, 1.54) is 18.7 Å². The monoisotopic (exact) mass is 760 g/mol. The zero-order valence-electron chi connectivity index (χ0n) is 30.6. The number of imidazole rings is 1. The average Bonchev–Trinajstić information content (AvgIpc) is 3.74. The van der Waals surface area contributed by atoms with Crippen LogP contribution in [0.2, 0.25) is 0 Å². The third-order valence-corrected chi connectivity index (χ3v) is 10.4. The number of aliphatic hydroxyl groups is 1. The van der Waals surface area contributed by atoms with Crippen LogP contribution in [0.5, 0.6) is 0 Å². The maximum atomic E-state index is 14.0. The first-order valence-electron chi connectivity index (χ1n) is 17.7. The molecule has 3 rings (SSSR count). The summed E-state index contributed by atoms with van der Waals surface area (Å²) in [5.74, 6) is -8.14. The number of hydrogen-bond donors (Lipinski definition) is 5. The number of Topliss-reactive ketones (excluding diaryl/α,β-unsaturated/α-hetero) is 2. The summed E-state index contributed by atoms with van der Waals surface area (Å²) in [4.78, 5) is 84.7. The minimum Gasteiger partial charge on any atom is -0.394 e. The van der Waals surface area contributed by atoms with Crippen molar-refractivity contribution in [2.45, 2.75) is 90.9 Å². The molecule has 0 unspecified atom stereocenters. The Morgan fingerprint density at radius 3 is 2.25 bits per heavy atom. The minimum absolute atomic E-state index is 0.0187. The van der Waals surface area contributed by atoms with Crippen LogP contribution in [0.15, 0.2) is 42.9 Å². The van der Waals surface area contributed by atoms with E-state index in [2.05, 4.69) is 15.6 Å². The van der Waals surface area contributed by atoms with Crippen LogP contribution in [0.4, 0.5) is 0 Å². The number of amides is 4. The van der Waals surface area contributed by atoms with E-state index in [4.69, 9.17) is 5.73 Å². The van der Waals surface area contributed by atoms with Gasteiger partial charge < -0.3 is 30.9 Å². The molecular formula is C36H52N6O10S. The van der Waals surface area contributed by atoms with Crippen molar-refractivity contribution >= 4 is 45.3 Å². The topological polar surface area (TPSA) is 248 Å². The van der Waals surface area contributed by atoms with E-state index in [9.17, 15) is 46.8 Å². The highest BCUT2D eigenvalue weighted by Crippen LogP contribution is 2.22. The Hall–Kier alpha value is -4.48. The fourth-order valence-corrected chi connectivity index (χ4v) is 7.57. The molecule has 292 valence electrons. The Morgan fingerprint density at radius 2 is 1.66 bits per heavy atom. The van der Waals surface area contributed by atoms with Crippen molar-refractivity contribution in [2.75, 3.05) is 18.9 Å². The van der Waals surface area contributed by atoms with E-state index in [0.29, 0.717) is 31.6 Å². The number of nitrogens with two attached hydrogens (primary N) is 1. The van der Waals surface area contributed by atoms with E-state index < -0.39 is 94.1 Å². The molecule has 0 saturated carbocycles. The number of rotatable bonds is 21. The number of hydrogen-bond acceptors (Lipinski definition) is 10. The number of benzene rings is 1. The molecule has 6 atom stereocenters. The molecule has 1 aliphatic heterocycles. The van der Waals surface area contributed by atoms with E-state index in [-0.39, 0.29) is 31.1 Å². The summed E-state index contributed by atoms with van der Waals surface area (Å²) < 4.78 is 33.9. The predicted molar refractivity (Wildman–Crippen MR) is 193 cm³/mol. The Bertz CT molecular complexity index is 1710. The number of ketones is 2. The SMILES string of the molecule is CC(=O)N1CCC[C@H]1C(=O)N[C@@H](CC(C)C)C(=O)C[C@@H](Cc1cncn1Cc1ccccc1)C(=O)N[C@@H](CO)C(=O)C[C@H](C(N)=O)[C@@H](C)CS(=O)(=O)O. The minimum atomic E-state index is -4.51. The van der Waals surface area contributed by atoms with Crippen LogP contribution in [0.25, 0.3) is 0 Å². The van der Waals surface area contributed by atoms with E-state index in [0.717, 1.165) is 5.56 Å². The maximum absolute atomic E-state index is 14.0. The van der Waals surface area contributed by atoms with Crippen molar-refractivity contribution in [2.24, 2.45) is 29.4 Å². The van der Waals surface area contributed by atoms with Gasteiger partial charge in [0.25, 0.3) is 10.1 Å². The summed E-state index contributed by atoms with van der Waals surface area (Å²) >= 11 is 0. The molecule has 4 amide bonds. The Kier molecular flexibility index (Phi) is 15.8. The Morgan fingerprint density at radius 1 is 1.00 bits per heavy atom. The van der Waals surface area contributed by atoms with Crippen molar-refractivity contribution in [3.8, 4) is 0 Å². The van der Waals surface area contributed by atoms with Gasteiger partial charge in [0.2, 0.25) is 23.6 Å². The number of aromatic nitrogens is 2. The number of aliphatic hydroxyl groups excluding tert-OH is 1. The zero-order valence-corrected chi connectivity index (χ0v) is 31.5. The summed E-state index contributed by atoms with van der Waals surface area (Å²) in [6, 6.07) is 6.22. The number of likely N-dealkylation sites (tertiary alicyclic amines) is 1. The lowest BCUT2D eigenvalue weighted by atomic mass is 9.87. The highest BCUT2D eigenvalue weighted by molar-refractivity contribution is 7.85. The van der Waals surface area contributed by atoms with E-state index in [1.54, 1.807) is 12.5 Å². The lowest BCUT2D eigenvalue weighted by Gasteiger charge is -2.27. The first-order chi connectivity index (χ1) is 24.9. The van der Waals surface area contributed by atoms with Crippen LogP contribution in [0.1, 0.15) is 71.1 Å². The largest absolute Gasteiger partial charge is 0.394 e. The van der Waals surface area contributed by atoms with Crippen molar-refractivity contribution in [1.82, 2.24) is 25.1 Å². The van der Waals surface area contributed by atoms with Crippen molar-refractivity contribution in [1.29, 1.82) is 0 Å². The van der Waals surface area contributed by atoms with Gasteiger partial charge in [0.15, 0.2) is 11.6 Å². The molecule has 1 aliphatic rings. The molecular weight excluding hydrogens is 708 g/mol. The Labute approximate surface area is 310 Å². The molecule has 0 bridgehead atoms. The van der Waals surface area contributed by atoms with Crippen molar-refractivity contribution in [3.05, 3.63) is 54.1 Å². The van der Waals surface area contributed by atoms with Crippen LogP contribution in [0.3, 0.4) is 0 Å². The van der Waals surface area contributed by atoms with Gasteiger partial charge in [-0.3, -0.25) is 33.3 Å². The third-order valence-electron chi connectivity index (χ3n) is 9.48. The van der Waals surface area contributed by atoms with Gasteiger partial charge in [0.05, 0.1) is 30.6 Å². The van der Waals surface area contributed by atoms with E-state index in [1.807, 2.05) is 48.7 Å². The smallest absolute Gasteiger partial charge is 0.265 e. The summed E-state index contributed by atoms with van der Waals surface area (Å²) in [5.41, 5.74) is 6.99. The van der Waals surface area contributed by atoms with Gasteiger partial charge in [-0.15, -0.1) is 0 Å². The van der Waals surface area contributed by atoms with Crippen LogP contribution in [0, 0.1) is 23.7 Å². The molecule has 6 N–H and O–H groups in total. The molecule has 53 heavy (non-hydrogen) atoms. The number of carbonyl (C=O) groups excluding carboxylic acids is 6. The first kappa shape index (κ1) is 42.9. The molecule has 0 radical (unpaired) electrons. The van der Waals surface area contributed by atoms with Crippen LogP contribution >= 0.6 is 0 Å². The first-order valence-corrected chi connectivity index (χ1v) is 19.3. The number of primary amides is 1. The van der Waals surface area contributed by atoms with Gasteiger partial charge in [-0.1, -0.05) is 51.1 Å². The lowest BCUT2D eigenvalue weighted by molar-refractivity contribution is -0.138. The second kappa shape index (κ2) is 19.6. The van der Waals surface area contributed by atoms with Gasteiger partial charge >= 0.3 is 0 Å². The molecule has 16 nitrogen and oxygen atoms in total. The van der Waals surface area contributed by atoms with Crippen LogP contribution < -0.4 is 16.4 Å². The quantitative estimate of drug-likeness (QED) is 0.111. The summed E-state index contributed by atoms with van der Waals surface area (Å²) in [5, 5.41) is 15.5. The van der Waals surface area contributed by atoms with Crippen LogP contribution in [-0.4, -0.2) is 105 Å². The number of nitrogens with one attached hydrogen (secondary N) is 2. The third kappa shape index (κ3) is 13.2. The lowest BCUT2D eigenvalue weighted by Crippen LogP contribution is -2.52. The van der Waals surface area contributed by atoms with Crippen LogP contribution in [-0.2, 0) is 51.9 Å². The zero-order chi connectivity index (χ0) is 39.5. The molecule has 2 aromatic rings. The molecule has 0 spiro atoms. The molecule has 17 heteroatoms. The normalized spacial score (nSPS) is 17.4. The summed E-state index contributed by atoms with van der Waals surface area (Å²) in [7, 11) is -4.51.